The molecule has 2 bridgehead atoms. The first-order valence-corrected chi connectivity index (χ1v) is 56.5. The van der Waals surface area contributed by atoms with Crippen LogP contribution >= 0.6 is 0 Å². The second-order valence-electron chi connectivity index (χ2n) is 41.8. The summed E-state index contributed by atoms with van der Waals surface area (Å²) in [6.45, 7) is 18.1. The number of aldehydes is 1. The predicted molar refractivity (Wildman–Crippen MR) is 548 cm³/mol. The molecule has 14 nitrogen and oxygen atoms in total. The van der Waals surface area contributed by atoms with Crippen LogP contribution in [0, 0.1) is 58.7 Å². The molecule has 4 saturated carbocycles. The molecule has 0 amide bonds. The summed E-state index contributed by atoms with van der Waals surface area (Å²) < 4.78 is 29.1. The van der Waals surface area contributed by atoms with E-state index in [1.807, 2.05) is 0 Å². The molecule has 0 aromatic rings. The highest BCUT2D eigenvalue weighted by Gasteiger charge is 2.49. The van der Waals surface area contributed by atoms with Gasteiger partial charge in [0.05, 0.1) is 11.3 Å². The zero-order valence-corrected chi connectivity index (χ0v) is 86.0. The van der Waals surface area contributed by atoms with Gasteiger partial charge in [-0.3, -0.25) is 24.0 Å². The van der Waals surface area contributed by atoms with Crippen LogP contribution in [0.4, 0.5) is 0 Å². The summed E-state index contributed by atoms with van der Waals surface area (Å²) in [5, 5.41) is 9.98. The van der Waals surface area contributed by atoms with Crippen molar-refractivity contribution in [3.8, 4) is 0 Å². The summed E-state index contributed by atoms with van der Waals surface area (Å²) in [5.41, 5.74) is -0.275. The molecule has 131 heavy (non-hydrogen) atoms. The van der Waals surface area contributed by atoms with Crippen molar-refractivity contribution in [1.82, 2.24) is 9.80 Å². The number of likely N-dealkylation sites (tertiary alicyclic amines) is 1. The zero-order valence-electron chi connectivity index (χ0n) is 86.0. The SMILES string of the molecule is CC/C=C\CC1C(CC(=O)OC(CCCCCCCCC2CC2CCCCCCCC)CCCCCCCCC2CC2CCCCCCCC)CCC1OC(=O)C12CCN(CC1)CC2.CC/C=C\CC1C(CC=O)CCC1OC(=O)C1CCN(C)CC1.CCCCC/C=C\C/C=C\CCCCCCCC(=O)OCC(O)COC(=O)CCCCCCC/C=C\C/C=C\CCCCC. The molecule has 4 aliphatic carbocycles. The van der Waals surface area contributed by atoms with Gasteiger partial charge in [0.15, 0.2) is 0 Å². The third-order valence-corrected chi connectivity index (χ3v) is 30.5. The fourth-order valence-corrected chi connectivity index (χ4v) is 21.4. The molecule has 8 fully saturated rings. The van der Waals surface area contributed by atoms with Gasteiger partial charge in [0.2, 0.25) is 0 Å². The molecule has 0 aromatic carbocycles. The first-order chi connectivity index (χ1) is 64.2. The van der Waals surface area contributed by atoms with Crippen molar-refractivity contribution in [3.05, 3.63) is 72.9 Å². The van der Waals surface area contributed by atoms with E-state index in [9.17, 15) is 33.9 Å². The molecule has 8 rings (SSSR count). The van der Waals surface area contributed by atoms with Gasteiger partial charge in [-0.1, -0.05) is 346 Å². The van der Waals surface area contributed by atoms with Crippen molar-refractivity contribution >= 4 is 36.1 Å². The van der Waals surface area contributed by atoms with E-state index in [4.69, 9.17) is 23.7 Å². The number of aliphatic hydroxyl groups is 1. The van der Waals surface area contributed by atoms with E-state index < -0.39 is 6.10 Å². The molecule has 754 valence electrons. The maximum absolute atomic E-state index is 13.8. The highest BCUT2D eigenvalue weighted by Crippen LogP contribution is 2.49. The number of ether oxygens (including phenoxy) is 5. The number of hydrogen-bond acceptors (Lipinski definition) is 14. The summed E-state index contributed by atoms with van der Waals surface area (Å²) in [5.74, 6) is 4.79. The minimum Gasteiger partial charge on any atom is -0.463 e. The van der Waals surface area contributed by atoms with E-state index in [-0.39, 0.29) is 84.5 Å². The highest BCUT2D eigenvalue weighted by atomic mass is 16.6. The zero-order chi connectivity index (χ0) is 93.9. The minimum atomic E-state index is -0.975. The lowest BCUT2D eigenvalue weighted by Gasteiger charge is -2.46. The quantitative estimate of drug-likeness (QED) is 0.0200. The summed E-state index contributed by atoms with van der Waals surface area (Å²) in [6, 6.07) is 0. The molecule has 4 heterocycles. The van der Waals surface area contributed by atoms with E-state index in [0.29, 0.717) is 37.5 Å². The standard InChI is InChI=1S/C59H105NO4.C39H68O5.C19H31NO3/c1-4-7-10-12-18-25-31-49-46-51(49)33-27-20-14-16-22-29-35-54(36-30-23-17-15-21-28-34-52-47-50(52)32-26-19-13-11-8-5-2)63-57(61)48-53-38-39-56(55(53)37-24-9-6-3)64-58(62)59-40-43-60(44-41-59)45-42-59;1-3-5-7-9-11-13-15-17-19-21-23-25-27-29-31-33-38(41)43-35-37(40)36-44-39(42)34-32-30-28-26-24-22-20-18-16-14-12-10-8-6-4-2;1-3-4-5-6-17-15(11-14-21)7-8-18(17)23-19(22)16-9-12-20(2)13-10-16/h9,24,49-56H,4-8,10-23,25-48H2,1-3H3;11-14,17-20,37,40H,3-10,15-16,21-36H2,1-2H3;4-5,14-18H,3,6-13H2,1-2H3/b24-9-;13-11-,14-12-,19-17-,20-18-;5-4-. The Morgan fingerprint density at radius 1 is 0.374 bits per heavy atom. The third kappa shape index (κ3) is 57.4. The number of hydrogen-bond donors (Lipinski definition) is 1. The van der Waals surface area contributed by atoms with E-state index in [1.54, 1.807) is 0 Å². The minimum absolute atomic E-state index is 0.00515. The van der Waals surface area contributed by atoms with Crippen LogP contribution in [0.2, 0.25) is 0 Å². The molecule has 14 heteroatoms. The van der Waals surface area contributed by atoms with Crippen molar-refractivity contribution in [2.75, 3.05) is 53.0 Å². The first-order valence-electron chi connectivity index (χ1n) is 56.5. The van der Waals surface area contributed by atoms with Crippen LogP contribution < -0.4 is 0 Å². The van der Waals surface area contributed by atoms with Crippen molar-refractivity contribution < 1.29 is 57.6 Å². The summed E-state index contributed by atoms with van der Waals surface area (Å²) in [7, 11) is 2.10. The lowest BCUT2D eigenvalue weighted by atomic mass is 9.72. The molecule has 0 spiro atoms. The molecule has 0 aromatic heterocycles. The van der Waals surface area contributed by atoms with E-state index in [0.717, 1.165) is 223 Å². The maximum Gasteiger partial charge on any atom is 0.312 e. The van der Waals surface area contributed by atoms with Crippen LogP contribution in [-0.2, 0) is 52.5 Å². The smallest absolute Gasteiger partial charge is 0.312 e. The van der Waals surface area contributed by atoms with Crippen molar-refractivity contribution in [1.29, 1.82) is 0 Å². The molecule has 8 aliphatic rings. The molecule has 10 unspecified atom stereocenters. The molecule has 1 N–H and O–H groups in total. The van der Waals surface area contributed by atoms with Gasteiger partial charge in [-0.05, 0) is 274 Å². The Labute approximate surface area is 805 Å². The maximum atomic E-state index is 13.8. The molecule has 0 radical (unpaired) electrons. The normalized spacial score (nSPS) is 23.4. The highest BCUT2D eigenvalue weighted by molar-refractivity contribution is 5.78. The lowest BCUT2D eigenvalue weighted by molar-refractivity contribution is -0.171. The monoisotopic (exact) mass is 1830 g/mol. The average molecular weight is 1830 g/mol. The number of piperidine rings is 4. The van der Waals surface area contributed by atoms with Crippen molar-refractivity contribution in [3.63, 3.8) is 0 Å². The van der Waals surface area contributed by atoms with Gasteiger partial charge >= 0.3 is 29.8 Å². The van der Waals surface area contributed by atoms with Gasteiger partial charge in [-0.25, -0.2) is 0 Å². The fraction of sp³-hybridized carbons (Fsp3) is 0.846. The number of carbonyl (C=O) groups excluding carboxylic acids is 6. The van der Waals surface area contributed by atoms with Crippen molar-refractivity contribution in [2.45, 2.75) is 522 Å². The average Bonchev–Trinajstić information content (AvgIpc) is 1.73. The number of nitrogens with zero attached hydrogens (tertiary/aromatic N) is 2. The third-order valence-electron chi connectivity index (χ3n) is 30.5. The number of fused-ring (bicyclic) bond motifs is 3. The summed E-state index contributed by atoms with van der Waals surface area (Å²) in [4.78, 5) is 79.5. The summed E-state index contributed by atoms with van der Waals surface area (Å²) in [6.07, 6.45) is 110. The van der Waals surface area contributed by atoms with Crippen LogP contribution in [0.15, 0.2) is 72.9 Å². The van der Waals surface area contributed by atoms with Gasteiger partial charge in [0, 0.05) is 37.5 Å². The largest absolute Gasteiger partial charge is 0.463 e. The lowest BCUT2D eigenvalue weighted by Crippen LogP contribution is -2.53. The number of rotatable bonds is 79. The topological polar surface area (TPSA) is 175 Å². The molecular weight excluding hydrogens is 1630 g/mol. The van der Waals surface area contributed by atoms with Crippen LogP contribution in [0.25, 0.3) is 0 Å². The number of carbonyl (C=O) groups is 6. The Hall–Kier alpha value is -4.66. The molecule has 10 atom stereocenters. The van der Waals surface area contributed by atoms with Crippen LogP contribution in [-0.4, -0.2) is 128 Å². The van der Waals surface area contributed by atoms with E-state index in [2.05, 4.69) is 131 Å². The van der Waals surface area contributed by atoms with E-state index in [1.165, 1.54) is 270 Å². The Morgan fingerprint density at radius 3 is 1.16 bits per heavy atom. The molecule has 4 saturated heterocycles. The van der Waals surface area contributed by atoms with Gasteiger partial charge < -0.3 is 43.4 Å². The Bertz CT molecular complexity index is 2890. The number of unbranched alkanes of at least 4 members (excludes halogenated alkanes) is 36. The first kappa shape index (κ1) is 117. The molecule has 4 aliphatic heterocycles. The fourth-order valence-electron chi connectivity index (χ4n) is 21.4. The Morgan fingerprint density at radius 2 is 0.740 bits per heavy atom. The predicted octanol–water partition coefficient (Wildman–Crippen LogP) is 31.4. The number of esters is 5. The summed E-state index contributed by atoms with van der Waals surface area (Å²) >= 11 is 0. The Kier molecular flexibility index (Phi) is 69.8. The molecular formula is C117H204N2O12. The van der Waals surface area contributed by atoms with Gasteiger partial charge in [-0.2, -0.15) is 0 Å². The Balaban J connectivity index is 0.000000390. The van der Waals surface area contributed by atoms with Gasteiger partial charge in [0.25, 0.3) is 0 Å². The van der Waals surface area contributed by atoms with E-state index >= 15 is 0 Å². The van der Waals surface area contributed by atoms with Gasteiger partial charge in [0.1, 0.15) is 43.9 Å². The second kappa shape index (κ2) is 78.3. The second-order valence-corrected chi connectivity index (χ2v) is 41.8. The number of aliphatic hydroxyl groups excluding tert-OH is 1. The van der Waals surface area contributed by atoms with Gasteiger partial charge in [-0.15, -0.1) is 0 Å². The van der Waals surface area contributed by atoms with Crippen LogP contribution in [0.5, 0.6) is 0 Å². The number of allylic oxidation sites excluding steroid dienone is 12. The van der Waals surface area contributed by atoms with Crippen LogP contribution in [0.1, 0.15) is 497 Å². The van der Waals surface area contributed by atoms with Crippen LogP contribution in [0.3, 0.4) is 0 Å². The van der Waals surface area contributed by atoms with Crippen molar-refractivity contribution in [2.24, 2.45) is 58.7 Å².